The van der Waals surface area contributed by atoms with Crippen LogP contribution in [0.5, 0.6) is 0 Å². The molecule has 0 aliphatic heterocycles. The zero-order chi connectivity index (χ0) is 18.4. The molecule has 0 saturated carbocycles. The topological polar surface area (TPSA) is 29.5 Å². The minimum absolute atomic E-state index is 0.0150. The molecule has 134 valence electrons. The Bertz CT molecular complexity index is 855. The molecule has 0 radical (unpaired) electrons. The maximum absolute atomic E-state index is 12.6. The highest BCUT2D eigenvalue weighted by Crippen LogP contribution is 2.19. The van der Waals surface area contributed by atoms with Crippen molar-refractivity contribution < 1.29 is 9.53 Å². The normalized spacial score (nSPS) is 12.1. The zero-order valence-corrected chi connectivity index (χ0v) is 15.4. The molecule has 0 aliphatic rings. The Hall–Kier alpha value is -2.65. The quantitative estimate of drug-likeness (QED) is 0.632. The first-order valence-electron chi connectivity index (χ1n) is 9.02. The highest BCUT2D eigenvalue weighted by atomic mass is 16.5. The van der Waals surface area contributed by atoms with E-state index in [-0.39, 0.29) is 5.91 Å². The van der Waals surface area contributed by atoms with Gasteiger partial charge >= 0.3 is 0 Å². The van der Waals surface area contributed by atoms with E-state index in [4.69, 9.17) is 4.74 Å². The van der Waals surface area contributed by atoms with Crippen LogP contribution in [0.2, 0.25) is 0 Å². The molecular formula is C23H25NO2. The second-order valence-corrected chi connectivity index (χ2v) is 6.59. The van der Waals surface area contributed by atoms with Crippen LogP contribution in [0.4, 0.5) is 0 Å². The Morgan fingerprint density at radius 1 is 0.962 bits per heavy atom. The van der Waals surface area contributed by atoms with Crippen LogP contribution in [0.1, 0.15) is 18.1 Å². The van der Waals surface area contributed by atoms with E-state index in [1.807, 2.05) is 50.4 Å². The number of carbonyl (C=O) groups is 1. The van der Waals surface area contributed by atoms with Crippen molar-refractivity contribution in [2.75, 3.05) is 13.6 Å². The van der Waals surface area contributed by atoms with Crippen LogP contribution in [0.3, 0.4) is 0 Å². The van der Waals surface area contributed by atoms with E-state index in [1.165, 1.54) is 16.3 Å². The molecule has 3 rings (SSSR count). The summed E-state index contributed by atoms with van der Waals surface area (Å²) in [5, 5.41) is 2.49. The average molecular weight is 347 g/mol. The fourth-order valence-corrected chi connectivity index (χ4v) is 3.09. The standard InChI is InChI=1S/C23H25NO2/c1-18(26-17-19-9-4-3-5-10-19)23(25)24(2)16-15-21-13-8-12-20-11-6-7-14-22(20)21/h3-14,18H,15-17H2,1-2H3. The molecule has 0 aromatic heterocycles. The van der Waals surface area contributed by atoms with E-state index in [1.54, 1.807) is 4.90 Å². The van der Waals surface area contributed by atoms with Crippen molar-refractivity contribution in [2.24, 2.45) is 0 Å². The van der Waals surface area contributed by atoms with Crippen molar-refractivity contribution in [3.63, 3.8) is 0 Å². The Kier molecular flexibility index (Phi) is 6.03. The molecule has 0 aliphatic carbocycles. The van der Waals surface area contributed by atoms with Gasteiger partial charge in [-0.15, -0.1) is 0 Å². The number of hydrogen-bond acceptors (Lipinski definition) is 2. The number of nitrogens with zero attached hydrogens (tertiary/aromatic N) is 1. The average Bonchev–Trinajstić information content (AvgIpc) is 2.70. The molecule has 0 fully saturated rings. The molecule has 0 heterocycles. The molecular weight excluding hydrogens is 322 g/mol. The number of rotatable bonds is 7. The molecule has 3 aromatic rings. The number of amides is 1. The minimum atomic E-state index is -0.451. The van der Waals surface area contributed by atoms with Crippen molar-refractivity contribution >= 4 is 16.7 Å². The van der Waals surface area contributed by atoms with Crippen LogP contribution in [0.25, 0.3) is 10.8 Å². The lowest BCUT2D eigenvalue weighted by Crippen LogP contribution is -2.37. The molecule has 0 bridgehead atoms. The number of ether oxygens (including phenoxy) is 1. The van der Waals surface area contributed by atoms with E-state index in [0.717, 1.165) is 12.0 Å². The van der Waals surface area contributed by atoms with Crippen LogP contribution in [0.15, 0.2) is 72.8 Å². The predicted octanol–water partition coefficient (Wildman–Crippen LogP) is 4.45. The van der Waals surface area contributed by atoms with Gasteiger partial charge in [0.2, 0.25) is 0 Å². The third-order valence-corrected chi connectivity index (χ3v) is 4.66. The second kappa shape index (κ2) is 8.63. The van der Waals surface area contributed by atoms with Crippen LogP contribution in [0, 0.1) is 0 Å². The molecule has 0 saturated heterocycles. The maximum atomic E-state index is 12.6. The van der Waals surface area contributed by atoms with Gasteiger partial charge in [0.25, 0.3) is 5.91 Å². The predicted molar refractivity (Wildman–Crippen MR) is 106 cm³/mol. The van der Waals surface area contributed by atoms with Gasteiger partial charge in [0.05, 0.1) is 6.61 Å². The van der Waals surface area contributed by atoms with Crippen molar-refractivity contribution in [1.82, 2.24) is 4.90 Å². The van der Waals surface area contributed by atoms with Crippen molar-refractivity contribution in [2.45, 2.75) is 26.1 Å². The summed E-state index contributed by atoms with van der Waals surface area (Å²) in [7, 11) is 1.84. The molecule has 1 amide bonds. The van der Waals surface area contributed by atoms with Gasteiger partial charge in [0, 0.05) is 13.6 Å². The molecule has 0 N–H and O–H groups in total. The largest absolute Gasteiger partial charge is 0.364 e. The molecule has 1 atom stereocenters. The molecule has 26 heavy (non-hydrogen) atoms. The van der Waals surface area contributed by atoms with Crippen LogP contribution >= 0.6 is 0 Å². The van der Waals surface area contributed by atoms with E-state index >= 15 is 0 Å². The second-order valence-electron chi connectivity index (χ2n) is 6.59. The molecule has 3 heteroatoms. The summed E-state index contributed by atoms with van der Waals surface area (Å²) in [6.07, 6.45) is 0.377. The third kappa shape index (κ3) is 4.50. The fraction of sp³-hybridized carbons (Fsp3) is 0.261. The lowest BCUT2D eigenvalue weighted by molar-refractivity contribution is -0.142. The number of likely N-dealkylation sites (N-methyl/N-ethyl adjacent to an activating group) is 1. The summed E-state index contributed by atoms with van der Waals surface area (Å²) in [4.78, 5) is 14.3. The SMILES string of the molecule is CC(OCc1ccccc1)C(=O)N(C)CCc1cccc2ccccc12. The number of fused-ring (bicyclic) bond motifs is 1. The summed E-state index contributed by atoms with van der Waals surface area (Å²) < 4.78 is 5.74. The van der Waals surface area contributed by atoms with Crippen LogP contribution in [-0.2, 0) is 22.6 Å². The number of hydrogen-bond donors (Lipinski definition) is 0. The van der Waals surface area contributed by atoms with Gasteiger partial charge in [-0.2, -0.15) is 0 Å². The highest BCUT2D eigenvalue weighted by molar-refractivity contribution is 5.85. The zero-order valence-electron chi connectivity index (χ0n) is 15.4. The van der Waals surface area contributed by atoms with Gasteiger partial charge in [-0.3, -0.25) is 4.79 Å². The fourth-order valence-electron chi connectivity index (χ4n) is 3.09. The van der Waals surface area contributed by atoms with E-state index in [0.29, 0.717) is 13.2 Å². The summed E-state index contributed by atoms with van der Waals surface area (Å²) in [6, 6.07) is 24.6. The molecule has 3 nitrogen and oxygen atoms in total. The van der Waals surface area contributed by atoms with Crippen molar-refractivity contribution in [3.05, 3.63) is 83.9 Å². The Labute approximate surface area is 155 Å². The summed E-state index contributed by atoms with van der Waals surface area (Å²) >= 11 is 0. The monoisotopic (exact) mass is 347 g/mol. The summed E-state index contributed by atoms with van der Waals surface area (Å²) in [6.45, 7) is 2.94. The van der Waals surface area contributed by atoms with Gasteiger partial charge in [-0.1, -0.05) is 72.8 Å². The number of benzene rings is 3. The van der Waals surface area contributed by atoms with Crippen molar-refractivity contribution in [1.29, 1.82) is 0 Å². The van der Waals surface area contributed by atoms with E-state index in [9.17, 15) is 4.79 Å². The first-order valence-corrected chi connectivity index (χ1v) is 9.02. The van der Waals surface area contributed by atoms with Crippen molar-refractivity contribution in [3.8, 4) is 0 Å². The number of carbonyl (C=O) groups excluding carboxylic acids is 1. The Morgan fingerprint density at radius 2 is 1.65 bits per heavy atom. The van der Waals surface area contributed by atoms with Crippen LogP contribution < -0.4 is 0 Å². The van der Waals surface area contributed by atoms with E-state index < -0.39 is 6.10 Å². The lowest BCUT2D eigenvalue weighted by Gasteiger charge is -2.22. The Balaban J connectivity index is 1.55. The molecule has 1 unspecified atom stereocenters. The maximum Gasteiger partial charge on any atom is 0.251 e. The first kappa shape index (κ1) is 18.2. The van der Waals surface area contributed by atoms with Gasteiger partial charge in [-0.05, 0) is 35.2 Å². The lowest BCUT2D eigenvalue weighted by atomic mass is 10.0. The highest BCUT2D eigenvalue weighted by Gasteiger charge is 2.18. The van der Waals surface area contributed by atoms with Crippen LogP contribution in [-0.4, -0.2) is 30.5 Å². The molecule has 0 spiro atoms. The Morgan fingerprint density at radius 3 is 2.46 bits per heavy atom. The summed E-state index contributed by atoms with van der Waals surface area (Å²) in [5.41, 5.74) is 2.34. The van der Waals surface area contributed by atoms with Gasteiger partial charge in [-0.25, -0.2) is 0 Å². The first-order chi connectivity index (χ1) is 12.6. The minimum Gasteiger partial charge on any atom is -0.364 e. The van der Waals surface area contributed by atoms with Gasteiger partial charge in [0.1, 0.15) is 6.10 Å². The third-order valence-electron chi connectivity index (χ3n) is 4.66. The molecule has 3 aromatic carbocycles. The van der Waals surface area contributed by atoms with Gasteiger partial charge in [0.15, 0.2) is 0 Å². The van der Waals surface area contributed by atoms with E-state index in [2.05, 4.69) is 36.4 Å². The summed E-state index contributed by atoms with van der Waals surface area (Å²) in [5.74, 6) is 0.0150. The smallest absolute Gasteiger partial charge is 0.251 e. The van der Waals surface area contributed by atoms with Gasteiger partial charge < -0.3 is 9.64 Å².